The van der Waals surface area contributed by atoms with Gasteiger partial charge in [-0.05, 0) is 460 Å². The fraction of sp³-hybridized carbons (Fsp3) is 0.438. The minimum absolute atomic E-state index is 0. The van der Waals surface area contributed by atoms with Gasteiger partial charge in [0, 0.05) is 73.1 Å². The van der Waals surface area contributed by atoms with Crippen LogP contribution in [0.1, 0.15) is 248 Å². The molecule has 0 saturated carbocycles. The number of halogens is 5. The average Bonchev–Trinajstić information content (AvgIpc) is 1.59. The van der Waals surface area contributed by atoms with E-state index >= 15 is 0 Å². The molecule has 2 N–H and O–H groups in total. The Balaban J connectivity index is 0.000000460. The number of methoxy groups -OCH3 is 3. The molecule has 12 heterocycles. The smallest absolute Gasteiger partial charge is 0.358 e. The quantitative estimate of drug-likeness (QED) is 0.0409. The molecule has 143 heavy (non-hydrogen) atoms. The van der Waals surface area contributed by atoms with Crippen LogP contribution in [0.2, 0.25) is 0 Å². The van der Waals surface area contributed by atoms with Crippen molar-refractivity contribution in [3.63, 3.8) is 0 Å². The van der Waals surface area contributed by atoms with Gasteiger partial charge in [-0.25, -0.2) is 0 Å². The molecule has 0 aliphatic carbocycles. The Morgan fingerprint density at radius 2 is 0.573 bits per heavy atom. The first kappa shape index (κ1) is 130. The number of thiol groups is 1. The fourth-order valence-electron chi connectivity index (χ4n) is 14.3. The molecule has 11 nitrogen and oxygen atoms in total. The monoisotopic (exact) mass is 2420 g/mol. The van der Waals surface area contributed by atoms with Crippen molar-refractivity contribution < 1.29 is 53.5 Å². The topological polar surface area (TPSA) is 127 Å². The Morgan fingerprint density at radius 3 is 0.804 bits per heavy atom. The summed E-state index contributed by atoms with van der Waals surface area (Å²) in [6.07, 6.45) is 0.0926. The number of nitrogens with zero attached hydrogens (tertiary/aromatic N) is 1. The van der Waals surface area contributed by atoms with E-state index in [0.29, 0.717) is 11.5 Å². The molecule has 0 amide bonds. The predicted molar refractivity (Wildman–Crippen MR) is 662 cm³/mol. The number of alkyl halides is 1. The van der Waals surface area contributed by atoms with Crippen LogP contribution in [0.4, 0.5) is 4.39 Å². The van der Waals surface area contributed by atoms with Gasteiger partial charge < -0.3 is 55.2 Å². The van der Waals surface area contributed by atoms with Crippen molar-refractivity contribution in [3.05, 3.63) is 216 Å². The van der Waals surface area contributed by atoms with Crippen molar-refractivity contribution >= 4 is 233 Å². The molecule has 783 valence electrons. The SMILES string of the molecule is CC.CC.CC.CC.COc1cccc(OC(C)C)c1-c1sc(-c2sc(-c3sc(-c4c(OC)cccc4OC(C)C)c(C)c3C)c(C)c2C)c(C)c1C.COc1cccc(OC(C)C)c1B(O)O.Cc1c(Br)sc(-c2sc(-c3sc(Br)c(C)c3C)c(C)c2C)c1C.Cc1c(Br)sc(Br)c1C.Cc1csc(-c2sc(-c3scc(C)c3C)c(C)c2C)c1C.Cc1csc(B2OC(C)(C)C(C)(C)O2)c1C.[2H]CF.[B]=NS.[CH3-]. The van der Waals surface area contributed by atoms with Crippen LogP contribution in [0.15, 0.2) is 90.2 Å². The number of hydrogen-bond acceptors (Lipinski definition) is 23. The first-order valence-electron chi connectivity index (χ1n) is 48.2. The van der Waals surface area contributed by atoms with E-state index in [1.165, 1.54) is 218 Å². The second-order valence-electron chi connectivity index (χ2n) is 34.6. The summed E-state index contributed by atoms with van der Waals surface area (Å²) in [5.41, 5.74) is 31.9. The van der Waals surface area contributed by atoms with Gasteiger partial charge in [0.2, 0.25) is 0 Å². The maximum Gasteiger partial charge on any atom is -0.358 e. The third kappa shape index (κ3) is 31.7. The van der Waals surface area contributed by atoms with Crippen molar-refractivity contribution in [1.82, 2.24) is 0 Å². The van der Waals surface area contributed by atoms with E-state index in [1.807, 2.05) is 208 Å². The molecule has 1 saturated heterocycles. The van der Waals surface area contributed by atoms with Crippen LogP contribution in [-0.2, 0) is 9.31 Å². The first-order valence-corrected chi connectivity index (χ1v) is 60.3. The molecule has 0 spiro atoms. The summed E-state index contributed by atoms with van der Waals surface area (Å²) in [5, 5.41) is 25.2. The van der Waals surface area contributed by atoms with Gasteiger partial charge in [0.15, 0.2) is 0 Å². The van der Waals surface area contributed by atoms with E-state index < -0.39 is 14.3 Å². The van der Waals surface area contributed by atoms with Gasteiger partial charge in [0.25, 0.3) is 0 Å². The summed E-state index contributed by atoms with van der Waals surface area (Å²) in [6.45, 7) is 85.1. The van der Waals surface area contributed by atoms with E-state index in [-0.39, 0.29) is 49.5 Å². The Bertz CT molecular complexity index is 6140. The van der Waals surface area contributed by atoms with Gasteiger partial charge in [-0.2, -0.15) is 11.3 Å². The van der Waals surface area contributed by atoms with E-state index in [1.54, 1.807) is 55.1 Å². The van der Waals surface area contributed by atoms with Crippen LogP contribution in [0.25, 0.3) is 79.4 Å². The number of aryl methyl sites for hydroxylation is 3. The zero-order valence-electron chi connectivity index (χ0n) is 93.5. The molecule has 15 rings (SSSR count). The molecule has 1 aliphatic heterocycles. The predicted octanol–water partition coefficient (Wildman–Crippen LogP) is 39.7. The van der Waals surface area contributed by atoms with Crippen LogP contribution < -0.4 is 38.7 Å². The molecule has 11 aromatic heterocycles. The molecule has 14 aromatic rings. The van der Waals surface area contributed by atoms with Crippen LogP contribution in [0, 0.1) is 160 Å². The zero-order valence-corrected chi connectivity index (χ0v) is 109. The normalized spacial score (nSPS) is 11.8. The number of benzene rings is 3. The van der Waals surface area contributed by atoms with Gasteiger partial charge >= 0.3 is 39.0 Å². The molecule has 1 aliphatic rings. The molecule has 0 bridgehead atoms. The Kier molecular flexibility index (Phi) is 55.7. The van der Waals surface area contributed by atoms with Gasteiger partial charge in [-0.15, -0.1) is 113 Å². The molecule has 1 fully saturated rings. The van der Waals surface area contributed by atoms with Crippen molar-refractivity contribution in [2.24, 2.45) is 4.30 Å². The fourth-order valence-corrected chi connectivity index (χ4v) is 32.2. The minimum Gasteiger partial charge on any atom is -0.358 e. The van der Waals surface area contributed by atoms with Crippen molar-refractivity contribution in [1.29, 1.82) is 0 Å². The van der Waals surface area contributed by atoms with Crippen LogP contribution in [0.5, 0.6) is 34.5 Å². The third-order valence-corrected chi connectivity index (χ3v) is 43.7. The van der Waals surface area contributed by atoms with Crippen molar-refractivity contribution in [3.8, 4) is 114 Å². The van der Waals surface area contributed by atoms with Gasteiger partial charge in [0.05, 0.1) is 91.1 Å². The molecular formula is C112H153B3Br4FNO10S12-. The standard InChI is InChI=1S/C38H44O4S3.C18H18Br2S3.C18H20S3.C12H19BO2S.C10H15BO4.C6H6Br2S.4C2H6.CH3F.CH3.BHNS/c1-19(2)41-29-17-13-15-27(39-11)31(29)33-21(5)23(7)35(43-33)37-25(9)26(10)38(45-37)36-24(8)22(6)34(44-36)32-28(40-12)16-14-18-30(32)42-20(3)4;1-7-8(2)14(16-10(4)12(6)18(20)23-16)21-13(7)15-9(3)11(5)17(19)22-15;1-9-7-19-15(11(9)3)17-13(5)14(6)18(21-17)16-12(4)10(2)8-20-16;1-8-7-16-10(9(8)2)13-14-11(3,4)12(5,6)15-13;1-7(2)15-9-6-4-5-8(14-3)10(9)11(12)13;1-3-4(2)6(8)9-5(3)7;5*1-2;;1-2-3/h13-20H,1-12H3;1-6H3;7-8H,1-6H3;7H,1-6H3;4-7,12-13H,1-3H3;1-2H3;4*1-2H3;1H3;1H3;3H/q;;;;;;;;;;;-1;/i;;;;;;;;;;1D;;. The summed E-state index contributed by atoms with van der Waals surface area (Å²) in [5.74, 6) is 4.21. The van der Waals surface area contributed by atoms with Gasteiger partial charge in [0.1, 0.15) is 34.5 Å². The van der Waals surface area contributed by atoms with E-state index in [4.69, 9.17) is 39.1 Å². The van der Waals surface area contributed by atoms with E-state index in [9.17, 15) is 14.4 Å². The second kappa shape index (κ2) is 61.0. The Hall–Kier alpha value is -4.81. The molecule has 1 radical (unpaired) electrons. The maximum absolute atomic E-state index is 9.96. The van der Waals surface area contributed by atoms with E-state index in [2.05, 4.69) is 312 Å². The summed E-state index contributed by atoms with van der Waals surface area (Å²) >= 11 is 37.9. The largest absolute Gasteiger partial charge is 0.358 e. The van der Waals surface area contributed by atoms with Gasteiger partial charge in [-0.1, -0.05) is 73.6 Å². The first-order chi connectivity index (χ1) is 67.3. The number of ether oxygens (including phenoxy) is 6. The summed E-state index contributed by atoms with van der Waals surface area (Å²) in [4.78, 5) is 19.2. The Labute approximate surface area is 945 Å². The Morgan fingerprint density at radius 1 is 0.357 bits per heavy atom. The summed E-state index contributed by atoms with van der Waals surface area (Å²) < 4.78 is 71.2. The van der Waals surface area contributed by atoms with Crippen molar-refractivity contribution in [2.45, 2.75) is 306 Å². The van der Waals surface area contributed by atoms with Crippen LogP contribution in [0.3, 0.4) is 0 Å². The van der Waals surface area contributed by atoms with Gasteiger partial charge in [-0.3, -0.25) is 4.39 Å². The maximum atomic E-state index is 9.96. The number of rotatable bonds is 19. The van der Waals surface area contributed by atoms with Crippen LogP contribution >= 0.6 is 201 Å². The number of hydrogen-bond donors (Lipinski definition) is 3. The zero-order chi connectivity index (χ0) is 109. The molecule has 0 atom stereocenters. The third-order valence-electron chi connectivity index (χ3n) is 24.4. The number of thiophene rings is 11. The summed E-state index contributed by atoms with van der Waals surface area (Å²) in [6, 6.07) is 17.2. The minimum atomic E-state index is -1.60. The van der Waals surface area contributed by atoms with Crippen molar-refractivity contribution in [2.75, 3.05) is 28.5 Å². The molecule has 0 unspecified atom stereocenters. The summed E-state index contributed by atoms with van der Waals surface area (Å²) in [7, 11) is 6.47. The second-order valence-corrected chi connectivity index (χ2v) is 51.0. The molecule has 31 heteroatoms. The van der Waals surface area contributed by atoms with E-state index in [0.717, 1.165) is 34.1 Å². The molecular weight excluding hydrogens is 2280 g/mol. The average molecular weight is 2430 g/mol. The molecule has 3 aromatic carbocycles. The van der Waals surface area contributed by atoms with Crippen LogP contribution in [-0.4, -0.2) is 89.9 Å².